The van der Waals surface area contributed by atoms with Crippen molar-refractivity contribution in [2.24, 2.45) is 11.7 Å². The molecule has 1 fully saturated rings. The first-order chi connectivity index (χ1) is 9.19. The standard InChI is InChI=1S/C13H17N5O/c1-3-10-9(6-7(2)16-17-10)13-15-12(18-19-13)11(14)8-4-5-8/h6,8,11H,3-5,14H2,1-2H3. The zero-order valence-electron chi connectivity index (χ0n) is 11.1. The van der Waals surface area contributed by atoms with Crippen LogP contribution in [0.3, 0.4) is 0 Å². The Morgan fingerprint density at radius 1 is 1.42 bits per heavy atom. The number of nitrogens with zero attached hydrogens (tertiary/aromatic N) is 4. The van der Waals surface area contributed by atoms with Gasteiger partial charge in [-0.15, -0.1) is 0 Å². The van der Waals surface area contributed by atoms with Gasteiger partial charge in [-0.2, -0.15) is 15.2 Å². The van der Waals surface area contributed by atoms with Gasteiger partial charge in [-0.3, -0.25) is 0 Å². The maximum Gasteiger partial charge on any atom is 0.259 e. The quantitative estimate of drug-likeness (QED) is 0.900. The topological polar surface area (TPSA) is 90.7 Å². The minimum Gasteiger partial charge on any atom is -0.334 e. The molecule has 19 heavy (non-hydrogen) atoms. The maximum absolute atomic E-state index is 6.08. The van der Waals surface area contributed by atoms with Crippen LogP contribution in [0.2, 0.25) is 0 Å². The molecule has 1 atom stereocenters. The molecule has 2 aromatic rings. The molecule has 1 unspecified atom stereocenters. The molecule has 0 spiro atoms. The number of nitrogens with two attached hydrogens (primary N) is 1. The summed E-state index contributed by atoms with van der Waals surface area (Å²) in [7, 11) is 0. The SMILES string of the molecule is CCc1nnc(C)cc1-c1nc(C(N)C2CC2)no1. The van der Waals surface area contributed by atoms with E-state index in [-0.39, 0.29) is 6.04 Å². The zero-order chi connectivity index (χ0) is 13.4. The highest BCUT2D eigenvalue weighted by atomic mass is 16.5. The van der Waals surface area contributed by atoms with Crippen LogP contribution in [0.5, 0.6) is 0 Å². The van der Waals surface area contributed by atoms with Crippen LogP contribution in [0, 0.1) is 12.8 Å². The highest BCUT2D eigenvalue weighted by Gasteiger charge is 2.32. The first-order valence-corrected chi connectivity index (χ1v) is 6.61. The van der Waals surface area contributed by atoms with Crippen molar-refractivity contribution in [3.05, 3.63) is 23.3 Å². The summed E-state index contributed by atoms with van der Waals surface area (Å²) in [6.45, 7) is 3.92. The fourth-order valence-corrected chi connectivity index (χ4v) is 2.11. The summed E-state index contributed by atoms with van der Waals surface area (Å²) >= 11 is 0. The summed E-state index contributed by atoms with van der Waals surface area (Å²) in [5, 5.41) is 12.2. The molecular formula is C13H17N5O. The molecule has 6 nitrogen and oxygen atoms in total. The second-order valence-corrected chi connectivity index (χ2v) is 5.02. The van der Waals surface area contributed by atoms with E-state index in [2.05, 4.69) is 20.3 Å². The molecule has 0 radical (unpaired) electrons. The van der Waals surface area contributed by atoms with E-state index < -0.39 is 0 Å². The smallest absolute Gasteiger partial charge is 0.259 e. The van der Waals surface area contributed by atoms with Crippen molar-refractivity contribution in [3.63, 3.8) is 0 Å². The van der Waals surface area contributed by atoms with Crippen LogP contribution in [-0.2, 0) is 6.42 Å². The molecule has 3 rings (SSSR count). The summed E-state index contributed by atoms with van der Waals surface area (Å²) in [5.41, 5.74) is 8.63. The van der Waals surface area contributed by atoms with Crippen molar-refractivity contribution < 1.29 is 4.52 Å². The van der Waals surface area contributed by atoms with Crippen LogP contribution in [-0.4, -0.2) is 20.3 Å². The van der Waals surface area contributed by atoms with Crippen molar-refractivity contribution in [2.75, 3.05) is 0 Å². The maximum atomic E-state index is 6.08. The monoisotopic (exact) mass is 259 g/mol. The molecule has 2 heterocycles. The van der Waals surface area contributed by atoms with Crippen LogP contribution in [0.4, 0.5) is 0 Å². The molecule has 0 bridgehead atoms. The van der Waals surface area contributed by atoms with E-state index in [1.165, 1.54) is 0 Å². The van der Waals surface area contributed by atoms with Gasteiger partial charge < -0.3 is 10.3 Å². The van der Waals surface area contributed by atoms with E-state index in [4.69, 9.17) is 10.3 Å². The van der Waals surface area contributed by atoms with Crippen molar-refractivity contribution in [1.82, 2.24) is 20.3 Å². The van der Waals surface area contributed by atoms with Crippen LogP contribution in [0.25, 0.3) is 11.5 Å². The van der Waals surface area contributed by atoms with Gasteiger partial charge in [0.25, 0.3) is 5.89 Å². The Bertz CT molecular complexity index is 590. The zero-order valence-corrected chi connectivity index (χ0v) is 11.1. The molecule has 100 valence electrons. The largest absolute Gasteiger partial charge is 0.334 e. The molecule has 1 aliphatic carbocycles. The lowest BCUT2D eigenvalue weighted by Gasteiger charge is -2.03. The molecular weight excluding hydrogens is 242 g/mol. The Hall–Kier alpha value is -1.82. The van der Waals surface area contributed by atoms with Gasteiger partial charge in [-0.25, -0.2) is 0 Å². The molecule has 6 heteroatoms. The predicted molar refractivity (Wildman–Crippen MR) is 69.1 cm³/mol. The summed E-state index contributed by atoms with van der Waals surface area (Å²) in [5.74, 6) is 1.59. The van der Waals surface area contributed by atoms with Gasteiger partial charge in [-0.1, -0.05) is 12.1 Å². The van der Waals surface area contributed by atoms with Crippen LogP contribution >= 0.6 is 0 Å². The first kappa shape index (κ1) is 12.2. The molecule has 0 amide bonds. The van der Waals surface area contributed by atoms with E-state index >= 15 is 0 Å². The fourth-order valence-electron chi connectivity index (χ4n) is 2.11. The van der Waals surface area contributed by atoms with Crippen LogP contribution in [0.1, 0.15) is 43.0 Å². The van der Waals surface area contributed by atoms with Gasteiger partial charge >= 0.3 is 0 Å². The molecule has 2 N–H and O–H groups in total. The summed E-state index contributed by atoms with van der Waals surface area (Å²) in [6, 6.07) is 1.81. The lowest BCUT2D eigenvalue weighted by molar-refractivity contribution is 0.411. The lowest BCUT2D eigenvalue weighted by Crippen LogP contribution is -2.13. The van der Waals surface area contributed by atoms with Crippen molar-refractivity contribution >= 4 is 0 Å². The van der Waals surface area contributed by atoms with Crippen molar-refractivity contribution in [2.45, 2.75) is 39.2 Å². The molecule has 1 aliphatic rings. The normalized spacial score (nSPS) is 16.6. The lowest BCUT2D eigenvalue weighted by atomic mass is 10.1. The average Bonchev–Trinajstić information content (AvgIpc) is 3.15. The summed E-state index contributed by atoms with van der Waals surface area (Å²) < 4.78 is 5.34. The molecule has 0 saturated heterocycles. The van der Waals surface area contributed by atoms with E-state index in [1.54, 1.807) is 0 Å². The molecule has 1 saturated carbocycles. The third-order valence-corrected chi connectivity index (χ3v) is 3.43. The Morgan fingerprint density at radius 3 is 2.89 bits per heavy atom. The third kappa shape index (κ3) is 2.35. The van der Waals surface area contributed by atoms with E-state index in [9.17, 15) is 0 Å². The minimum absolute atomic E-state index is 0.113. The Kier molecular flexibility index (Phi) is 3.02. The van der Waals surface area contributed by atoms with E-state index in [0.717, 1.165) is 36.2 Å². The minimum atomic E-state index is -0.113. The van der Waals surface area contributed by atoms with Crippen LogP contribution < -0.4 is 5.73 Å². The highest BCUT2D eigenvalue weighted by molar-refractivity contribution is 5.56. The van der Waals surface area contributed by atoms with Gasteiger partial charge in [0, 0.05) is 0 Å². The Labute approximate surface area is 111 Å². The van der Waals surface area contributed by atoms with Gasteiger partial charge in [-0.05, 0) is 38.2 Å². The number of hydrogen-bond acceptors (Lipinski definition) is 6. The van der Waals surface area contributed by atoms with Crippen molar-refractivity contribution in [3.8, 4) is 11.5 Å². The first-order valence-electron chi connectivity index (χ1n) is 6.61. The van der Waals surface area contributed by atoms with Gasteiger partial charge in [0.1, 0.15) is 0 Å². The highest BCUT2D eigenvalue weighted by Crippen LogP contribution is 2.38. The van der Waals surface area contributed by atoms with E-state index in [0.29, 0.717) is 17.6 Å². The van der Waals surface area contributed by atoms with Gasteiger partial charge in [0.15, 0.2) is 5.82 Å². The van der Waals surface area contributed by atoms with E-state index in [1.807, 2.05) is 19.9 Å². The van der Waals surface area contributed by atoms with Gasteiger partial charge in [0.05, 0.1) is 23.0 Å². The second-order valence-electron chi connectivity index (χ2n) is 5.02. The number of aryl methyl sites for hydroxylation is 2. The van der Waals surface area contributed by atoms with Crippen molar-refractivity contribution in [1.29, 1.82) is 0 Å². The Balaban J connectivity index is 1.95. The average molecular weight is 259 g/mol. The van der Waals surface area contributed by atoms with Crippen LogP contribution in [0.15, 0.2) is 10.6 Å². The number of aromatic nitrogens is 4. The molecule has 0 aromatic carbocycles. The molecule has 2 aromatic heterocycles. The third-order valence-electron chi connectivity index (χ3n) is 3.43. The Morgan fingerprint density at radius 2 is 2.21 bits per heavy atom. The number of hydrogen-bond donors (Lipinski definition) is 1. The molecule has 0 aliphatic heterocycles. The fraction of sp³-hybridized carbons (Fsp3) is 0.538. The second kappa shape index (κ2) is 4.70. The summed E-state index contributed by atoms with van der Waals surface area (Å²) in [4.78, 5) is 4.42. The number of rotatable bonds is 4. The predicted octanol–water partition coefficient (Wildman–Crippen LogP) is 1.81. The van der Waals surface area contributed by atoms with Gasteiger partial charge in [0.2, 0.25) is 0 Å². The summed E-state index contributed by atoms with van der Waals surface area (Å²) in [6.07, 6.45) is 3.08.